The van der Waals surface area contributed by atoms with Gasteiger partial charge in [-0.25, -0.2) is 0 Å². The molecule has 1 aromatic carbocycles. The summed E-state index contributed by atoms with van der Waals surface area (Å²) in [6.45, 7) is 5.41. The highest BCUT2D eigenvalue weighted by atomic mass is 16.5. The number of hydrogen-bond donors (Lipinski definition) is 2. The van der Waals surface area contributed by atoms with Gasteiger partial charge in [-0.2, -0.15) is 0 Å². The fourth-order valence-electron chi connectivity index (χ4n) is 2.73. The Morgan fingerprint density at radius 2 is 2.00 bits per heavy atom. The van der Waals surface area contributed by atoms with Gasteiger partial charge in [0.05, 0.1) is 6.10 Å². The van der Waals surface area contributed by atoms with Crippen molar-refractivity contribution in [3.63, 3.8) is 0 Å². The molecule has 0 aliphatic heterocycles. The third-order valence-electron chi connectivity index (χ3n) is 3.99. The van der Waals surface area contributed by atoms with Crippen LogP contribution in [0.3, 0.4) is 0 Å². The Balaban J connectivity index is 2.01. The third kappa shape index (κ3) is 4.21. The van der Waals surface area contributed by atoms with E-state index in [0.29, 0.717) is 5.75 Å². The molecule has 2 atom stereocenters. The maximum Gasteiger partial charge on any atom is 0.260 e. The van der Waals surface area contributed by atoms with E-state index in [2.05, 4.69) is 5.32 Å². The van der Waals surface area contributed by atoms with Crippen LogP contribution in [0.4, 0.5) is 0 Å². The second-order valence-corrected chi connectivity index (χ2v) is 5.97. The van der Waals surface area contributed by atoms with Crippen LogP contribution in [0.15, 0.2) is 18.2 Å². The molecule has 0 spiro atoms. The average molecular weight is 291 g/mol. The molecule has 1 aliphatic rings. The molecule has 1 saturated carbocycles. The Hall–Kier alpha value is -1.55. The number of carbonyl (C=O) groups excluding carboxylic acids is 1. The van der Waals surface area contributed by atoms with E-state index in [1.165, 1.54) is 12.8 Å². The van der Waals surface area contributed by atoms with Gasteiger partial charge < -0.3 is 15.2 Å². The molecule has 1 unspecified atom stereocenters. The molecule has 4 heteroatoms. The van der Waals surface area contributed by atoms with E-state index in [1.54, 1.807) is 13.8 Å². The zero-order chi connectivity index (χ0) is 15.4. The fraction of sp³-hybridized carbons (Fsp3) is 0.588. The lowest BCUT2D eigenvalue weighted by Crippen LogP contribution is -2.41. The lowest BCUT2D eigenvalue weighted by atomic mass is 10.1. The second-order valence-electron chi connectivity index (χ2n) is 5.97. The largest absolute Gasteiger partial charge is 0.481 e. The Bertz CT molecular complexity index is 493. The summed E-state index contributed by atoms with van der Waals surface area (Å²) in [7, 11) is 0. The van der Waals surface area contributed by atoms with Crippen LogP contribution in [0.25, 0.3) is 0 Å². The van der Waals surface area contributed by atoms with Gasteiger partial charge in [-0.15, -0.1) is 0 Å². The van der Waals surface area contributed by atoms with E-state index in [9.17, 15) is 9.90 Å². The number of aliphatic hydroxyl groups is 1. The van der Waals surface area contributed by atoms with Gasteiger partial charge in [0.15, 0.2) is 6.10 Å². The Labute approximate surface area is 126 Å². The summed E-state index contributed by atoms with van der Waals surface area (Å²) >= 11 is 0. The molecule has 116 valence electrons. The molecule has 1 fully saturated rings. The molecule has 0 bridgehead atoms. The van der Waals surface area contributed by atoms with Gasteiger partial charge >= 0.3 is 0 Å². The van der Waals surface area contributed by atoms with Crippen molar-refractivity contribution in [2.75, 3.05) is 0 Å². The molecule has 2 rings (SSSR count). The number of aryl methyl sites for hydroxylation is 1. The monoisotopic (exact) mass is 291 g/mol. The van der Waals surface area contributed by atoms with Crippen molar-refractivity contribution in [2.24, 2.45) is 0 Å². The van der Waals surface area contributed by atoms with Gasteiger partial charge in [-0.3, -0.25) is 4.79 Å². The van der Waals surface area contributed by atoms with E-state index < -0.39 is 12.2 Å². The van der Waals surface area contributed by atoms with Gasteiger partial charge in [-0.1, -0.05) is 24.5 Å². The predicted molar refractivity (Wildman–Crippen MR) is 82.3 cm³/mol. The topological polar surface area (TPSA) is 58.6 Å². The first-order valence-electron chi connectivity index (χ1n) is 7.73. The smallest absolute Gasteiger partial charge is 0.260 e. The maximum atomic E-state index is 12.2. The summed E-state index contributed by atoms with van der Waals surface area (Å²) in [6.07, 6.45) is 3.30. The van der Waals surface area contributed by atoms with Gasteiger partial charge in [0.2, 0.25) is 0 Å². The third-order valence-corrected chi connectivity index (χ3v) is 3.99. The van der Waals surface area contributed by atoms with Gasteiger partial charge in [-0.05, 0) is 45.7 Å². The normalized spacial score (nSPS) is 18.3. The van der Waals surface area contributed by atoms with Crippen LogP contribution >= 0.6 is 0 Å². The highest BCUT2D eigenvalue weighted by Gasteiger charge is 2.22. The molecular formula is C17H25NO3. The Kier molecular flexibility index (Phi) is 5.23. The average Bonchev–Trinajstić information content (AvgIpc) is 2.93. The number of carbonyl (C=O) groups is 1. The standard InChI is InChI=1S/C17H25NO3/c1-11-8-9-16(15(10-11)12(2)19)21-13(3)17(20)18-14-6-4-5-7-14/h8-10,12-14,19H,4-7H2,1-3H3,(H,18,20)/t12-,13?/m1/s1. The highest BCUT2D eigenvalue weighted by Crippen LogP contribution is 2.27. The van der Waals surface area contributed by atoms with Crippen LogP contribution in [-0.2, 0) is 4.79 Å². The van der Waals surface area contributed by atoms with E-state index in [1.807, 2.05) is 25.1 Å². The van der Waals surface area contributed by atoms with Crippen LogP contribution in [-0.4, -0.2) is 23.2 Å². The lowest BCUT2D eigenvalue weighted by molar-refractivity contribution is -0.128. The second kappa shape index (κ2) is 6.94. The fourth-order valence-corrected chi connectivity index (χ4v) is 2.73. The van der Waals surface area contributed by atoms with Crippen molar-refractivity contribution in [2.45, 2.75) is 64.7 Å². The number of ether oxygens (including phenoxy) is 1. The number of nitrogens with one attached hydrogen (secondary N) is 1. The molecule has 21 heavy (non-hydrogen) atoms. The van der Waals surface area contributed by atoms with Gasteiger partial charge in [0.25, 0.3) is 5.91 Å². The van der Waals surface area contributed by atoms with Crippen molar-refractivity contribution in [3.8, 4) is 5.75 Å². The van der Waals surface area contributed by atoms with E-state index in [0.717, 1.165) is 24.0 Å². The molecule has 4 nitrogen and oxygen atoms in total. The van der Waals surface area contributed by atoms with Crippen molar-refractivity contribution < 1.29 is 14.6 Å². The lowest BCUT2D eigenvalue weighted by Gasteiger charge is -2.20. The van der Waals surface area contributed by atoms with Crippen LogP contribution in [0.1, 0.15) is 56.8 Å². The zero-order valence-electron chi connectivity index (χ0n) is 13.1. The molecule has 1 aliphatic carbocycles. The minimum absolute atomic E-state index is 0.0842. The highest BCUT2D eigenvalue weighted by molar-refractivity contribution is 5.81. The van der Waals surface area contributed by atoms with E-state index in [4.69, 9.17) is 4.74 Å². The first kappa shape index (κ1) is 15.8. The zero-order valence-corrected chi connectivity index (χ0v) is 13.1. The summed E-state index contributed by atoms with van der Waals surface area (Å²) in [5.74, 6) is 0.490. The molecule has 0 heterocycles. The van der Waals surface area contributed by atoms with Crippen molar-refractivity contribution in [3.05, 3.63) is 29.3 Å². The molecule has 0 aromatic heterocycles. The molecular weight excluding hydrogens is 266 g/mol. The number of aliphatic hydroxyl groups excluding tert-OH is 1. The molecule has 0 radical (unpaired) electrons. The van der Waals surface area contributed by atoms with Crippen LogP contribution in [0.2, 0.25) is 0 Å². The van der Waals surface area contributed by atoms with E-state index in [-0.39, 0.29) is 11.9 Å². The number of amides is 1. The van der Waals surface area contributed by atoms with Crippen LogP contribution in [0, 0.1) is 6.92 Å². The molecule has 1 amide bonds. The molecule has 0 saturated heterocycles. The maximum absolute atomic E-state index is 12.2. The van der Waals surface area contributed by atoms with Crippen molar-refractivity contribution in [1.82, 2.24) is 5.32 Å². The summed E-state index contributed by atoms with van der Waals surface area (Å²) in [6, 6.07) is 5.92. The first-order valence-corrected chi connectivity index (χ1v) is 7.73. The SMILES string of the molecule is Cc1ccc(OC(C)C(=O)NC2CCCC2)c([C@@H](C)O)c1. The quantitative estimate of drug-likeness (QED) is 0.877. The van der Waals surface area contributed by atoms with E-state index >= 15 is 0 Å². The van der Waals surface area contributed by atoms with Crippen LogP contribution in [0.5, 0.6) is 5.75 Å². The number of rotatable bonds is 5. The minimum Gasteiger partial charge on any atom is -0.481 e. The minimum atomic E-state index is -0.620. The number of benzene rings is 1. The molecule has 2 N–H and O–H groups in total. The van der Waals surface area contributed by atoms with Crippen molar-refractivity contribution >= 4 is 5.91 Å². The number of hydrogen-bond acceptors (Lipinski definition) is 3. The van der Waals surface area contributed by atoms with Gasteiger partial charge in [0.1, 0.15) is 5.75 Å². The summed E-state index contributed by atoms with van der Waals surface area (Å²) in [5, 5.41) is 12.9. The Morgan fingerprint density at radius 3 is 2.62 bits per heavy atom. The first-order chi connectivity index (χ1) is 9.97. The summed E-state index contributed by atoms with van der Waals surface area (Å²) < 4.78 is 5.76. The predicted octanol–water partition coefficient (Wildman–Crippen LogP) is 2.87. The van der Waals surface area contributed by atoms with Gasteiger partial charge in [0, 0.05) is 11.6 Å². The summed E-state index contributed by atoms with van der Waals surface area (Å²) in [5.41, 5.74) is 1.77. The Morgan fingerprint density at radius 1 is 1.33 bits per heavy atom. The van der Waals surface area contributed by atoms with Crippen molar-refractivity contribution in [1.29, 1.82) is 0 Å². The molecule has 1 aromatic rings. The van der Waals surface area contributed by atoms with Crippen LogP contribution < -0.4 is 10.1 Å². The summed E-state index contributed by atoms with van der Waals surface area (Å²) in [4.78, 5) is 12.2.